The molecule has 8 aliphatic carbocycles. The van der Waals surface area contributed by atoms with E-state index in [9.17, 15) is 9.59 Å². The maximum absolute atomic E-state index is 15.3. The van der Waals surface area contributed by atoms with E-state index in [1.807, 2.05) is 0 Å². The molecule has 0 unspecified atom stereocenters. The van der Waals surface area contributed by atoms with Gasteiger partial charge in [-0.05, 0) is 228 Å². The van der Waals surface area contributed by atoms with Crippen LogP contribution in [-0.4, -0.2) is 58.5 Å². The van der Waals surface area contributed by atoms with Crippen molar-refractivity contribution >= 4 is 11.6 Å². The molecule has 9 rings (SSSR count). The number of ketones is 2. The number of carbonyl (C=O) groups excluding carboxylic acids is 2. The second-order valence-electron chi connectivity index (χ2n) is 25.0. The van der Waals surface area contributed by atoms with Gasteiger partial charge in [-0.25, -0.2) is 0 Å². The highest BCUT2D eigenvalue weighted by atomic mass is 19.4. The fourth-order valence-electron chi connectivity index (χ4n) is 16.2. The van der Waals surface area contributed by atoms with Crippen LogP contribution in [0.25, 0.3) is 0 Å². The van der Waals surface area contributed by atoms with Crippen molar-refractivity contribution in [1.29, 1.82) is 0 Å². The molecule has 396 valence electrons. The van der Waals surface area contributed by atoms with Gasteiger partial charge in [-0.15, -0.1) is 10.2 Å². The first kappa shape index (κ1) is 52.8. The Labute approximate surface area is 414 Å². The topological polar surface area (TPSA) is 91.5 Å². The second kappa shape index (κ2) is 22.8. The first-order valence-corrected chi connectivity index (χ1v) is 28.9. The van der Waals surface area contributed by atoms with E-state index < -0.39 is 29.6 Å². The number of carbonyl (C=O) groups is 2. The molecular weight excluding hydrogens is 907 g/mol. The summed E-state index contributed by atoms with van der Waals surface area (Å²) in [4.78, 5) is 27.0. The van der Waals surface area contributed by atoms with Crippen LogP contribution < -0.4 is 0 Å². The summed E-state index contributed by atoms with van der Waals surface area (Å²) in [6, 6.07) is 0. The maximum atomic E-state index is 15.3. The van der Waals surface area contributed by atoms with Crippen molar-refractivity contribution in [3.8, 4) is 0 Å². The quantitative estimate of drug-likeness (QED) is 0.182. The molecule has 8 fully saturated rings. The summed E-state index contributed by atoms with van der Waals surface area (Å²) in [5.74, 6) is 3.23. The van der Waals surface area contributed by atoms with Crippen molar-refractivity contribution in [1.82, 2.24) is 10.2 Å². The van der Waals surface area contributed by atoms with Crippen molar-refractivity contribution in [2.45, 2.75) is 268 Å². The fraction of sp³-hybridized carbons (Fsp3) is 0.930. The Balaban J connectivity index is 0.681. The first-order chi connectivity index (χ1) is 33.6. The molecule has 0 spiro atoms. The van der Waals surface area contributed by atoms with Gasteiger partial charge in [0.05, 0.1) is 24.4 Å². The third-order valence-electron chi connectivity index (χ3n) is 20.7. The van der Waals surface area contributed by atoms with Crippen LogP contribution in [-0.2, 0) is 19.1 Å². The molecule has 13 heteroatoms. The number of ether oxygens (including phenoxy) is 2. The van der Waals surface area contributed by atoms with Crippen LogP contribution in [0.3, 0.4) is 0 Å². The van der Waals surface area contributed by atoms with E-state index in [0.717, 1.165) is 120 Å². The van der Waals surface area contributed by atoms with Gasteiger partial charge in [0.2, 0.25) is 11.8 Å². The predicted octanol–water partition coefficient (Wildman–Crippen LogP) is 15.8. The van der Waals surface area contributed by atoms with E-state index in [4.69, 9.17) is 13.9 Å². The van der Waals surface area contributed by atoms with Crippen LogP contribution in [0.5, 0.6) is 0 Å². The van der Waals surface area contributed by atoms with Crippen LogP contribution in [0.2, 0.25) is 0 Å². The zero-order valence-corrected chi connectivity index (χ0v) is 42.6. The molecule has 0 aliphatic heterocycles. The lowest BCUT2D eigenvalue weighted by molar-refractivity contribution is -0.383. The van der Waals surface area contributed by atoms with Crippen molar-refractivity contribution in [3.63, 3.8) is 0 Å². The summed E-state index contributed by atoms with van der Waals surface area (Å²) in [7, 11) is 0. The normalized spacial score (nSPS) is 39.8. The van der Waals surface area contributed by atoms with E-state index >= 15 is 26.3 Å². The van der Waals surface area contributed by atoms with Gasteiger partial charge in [-0.2, -0.15) is 26.3 Å². The Morgan fingerprint density at radius 1 is 0.400 bits per heavy atom. The molecule has 0 radical (unpaired) electrons. The van der Waals surface area contributed by atoms with Gasteiger partial charge in [-0.1, -0.05) is 26.7 Å². The molecule has 0 amide bonds. The molecule has 8 aliphatic rings. The molecule has 1 aromatic rings. The summed E-state index contributed by atoms with van der Waals surface area (Å²) < 4.78 is 111. The van der Waals surface area contributed by atoms with Crippen molar-refractivity contribution in [3.05, 3.63) is 11.8 Å². The molecule has 0 saturated heterocycles. The first-order valence-electron chi connectivity index (χ1n) is 28.9. The van der Waals surface area contributed by atoms with E-state index in [0.29, 0.717) is 66.8 Å². The number of nitrogens with zero attached hydrogens (tertiary/aromatic N) is 2. The van der Waals surface area contributed by atoms with E-state index in [-0.39, 0.29) is 99.5 Å². The molecule has 70 heavy (non-hydrogen) atoms. The highest BCUT2D eigenvalue weighted by molar-refractivity contribution is 5.84. The minimum absolute atomic E-state index is 0.00405. The van der Waals surface area contributed by atoms with E-state index in [2.05, 4.69) is 24.0 Å². The molecule has 0 aromatic carbocycles. The summed E-state index contributed by atoms with van der Waals surface area (Å²) in [6.07, 6.45) is 11.6. The summed E-state index contributed by atoms with van der Waals surface area (Å²) in [5, 5.41) is 8.98. The number of aromatic nitrogens is 2. The van der Waals surface area contributed by atoms with Crippen LogP contribution >= 0.6 is 0 Å². The van der Waals surface area contributed by atoms with Crippen LogP contribution in [0.1, 0.15) is 243 Å². The Morgan fingerprint density at radius 2 is 0.671 bits per heavy atom. The summed E-state index contributed by atoms with van der Waals surface area (Å²) in [6.45, 7) is 4.56. The summed E-state index contributed by atoms with van der Waals surface area (Å²) in [5.41, 5.74) is -3.75. The van der Waals surface area contributed by atoms with E-state index in [1.54, 1.807) is 0 Å². The second-order valence-corrected chi connectivity index (χ2v) is 25.0. The number of halogens is 6. The third-order valence-corrected chi connectivity index (χ3v) is 20.7. The molecule has 8 saturated carbocycles. The SMILES string of the molecule is CC1CCC(C(=O)C2CCC(OC3CCC(C(C4CCC(OC5CCC(C(=O)C6CCC(C7CCC(c8nnc(C9CCC(C)CC9)o8)CC7)CC6)CC5)CC4)(C(F)(F)F)C(F)(F)F)CC3)CC2)CC1. The van der Waals surface area contributed by atoms with Gasteiger partial charge in [0, 0.05) is 35.5 Å². The van der Waals surface area contributed by atoms with Gasteiger partial charge in [0.25, 0.3) is 0 Å². The zero-order valence-electron chi connectivity index (χ0n) is 42.6. The van der Waals surface area contributed by atoms with Gasteiger partial charge >= 0.3 is 12.4 Å². The molecule has 0 bridgehead atoms. The average Bonchev–Trinajstić information content (AvgIpc) is 3.86. The fourth-order valence-corrected chi connectivity index (χ4v) is 16.2. The molecular formula is C57H86F6N2O5. The Kier molecular flexibility index (Phi) is 17.2. The monoisotopic (exact) mass is 993 g/mol. The zero-order chi connectivity index (χ0) is 49.2. The van der Waals surface area contributed by atoms with Gasteiger partial charge < -0.3 is 13.9 Å². The molecule has 0 N–H and O–H groups in total. The Morgan fingerprint density at radius 3 is 1.01 bits per heavy atom. The van der Waals surface area contributed by atoms with Gasteiger partial charge in [0.1, 0.15) is 11.6 Å². The predicted molar refractivity (Wildman–Crippen MR) is 256 cm³/mol. The van der Waals surface area contributed by atoms with Crippen LogP contribution in [0, 0.1) is 64.6 Å². The summed E-state index contributed by atoms with van der Waals surface area (Å²) >= 11 is 0. The molecule has 1 heterocycles. The number of rotatable bonds is 13. The number of alkyl halides is 6. The van der Waals surface area contributed by atoms with Gasteiger partial charge in [-0.3, -0.25) is 9.59 Å². The minimum Gasteiger partial charge on any atom is -0.425 e. The molecule has 7 nitrogen and oxygen atoms in total. The molecule has 1 aromatic heterocycles. The number of Topliss-reactive ketones (excluding diaryl/α,β-unsaturated/α-hetero) is 2. The van der Waals surface area contributed by atoms with Crippen molar-refractivity contribution in [2.75, 3.05) is 0 Å². The lowest BCUT2D eigenvalue weighted by atomic mass is 9.57. The lowest BCUT2D eigenvalue weighted by Gasteiger charge is -2.51. The van der Waals surface area contributed by atoms with Crippen LogP contribution in [0.4, 0.5) is 26.3 Å². The van der Waals surface area contributed by atoms with Gasteiger partial charge in [0.15, 0.2) is 5.41 Å². The van der Waals surface area contributed by atoms with Crippen molar-refractivity contribution < 1.29 is 49.8 Å². The Hall–Kier alpha value is -2.02. The third kappa shape index (κ3) is 11.9. The maximum Gasteiger partial charge on any atom is 0.403 e. The minimum atomic E-state index is -5.43. The largest absolute Gasteiger partial charge is 0.425 e. The smallest absolute Gasteiger partial charge is 0.403 e. The number of hydrogen-bond acceptors (Lipinski definition) is 7. The van der Waals surface area contributed by atoms with Crippen LogP contribution in [0.15, 0.2) is 4.42 Å². The lowest BCUT2D eigenvalue weighted by Crippen LogP contribution is -2.61. The standard InChI is InChI=1S/C57H86F6N2O5/c1-35-3-7-39(8-4-35)51(66)41-19-27-47(28-20-41)68-49-31-23-45(24-32-49)55(56(58,59)60,57(61,62)63)46-25-33-50(34-26-46)69-48-29-21-42(22-30-48)52(67)40-15-11-37(12-16-40)38-13-17-44(18-14-38)54-65-64-53(70-54)43-9-5-36(2)6-10-43/h35-50H,3-34H2,1-2H3. The Bertz CT molecular complexity index is 1790. The average molecular weight is 993 g/mol. The highest BCUT2D eigenvalue weighted by Gasteiger charge is 2.76. The molecule has 0 atom stereocenters. The number of hydrogen-bond donors (Lipinski definition) is 0. The van der Waals surface area contributed by atoms with E-state index in [1.165, 1.54) is 25.7 Å². The highest BCUT2D eigenvalue weighted by Crippen LogP contribution is 2.65. The van der Waals surface area contributed by atoms with Crippen molar-refractivity contribution in [2.24, 2.45) is 64.6 Å².